The molecule has 2 fully saturated rings. The molecular formula is C23H25ClO10. The van der Waals surface area contributed by atoms with Crippen LogP contribution >= 0.6 is 11.6 Å². The van der Waals surface area contributed by atoms with Gasteiger partial charge in [-0.1, -0.05) is 29.8 Å². The summed E-state index contributed by atoms with van der Waals surface area (Å²) >= 11 is 6.48. The highest BCUT2D eigenvalue weighted by molar-refractivity contribution is 6.33. The number of benzene rings is 1. The summed E-state index contributed by atoms with van der Waals surface area (Å²) in [6, 6.07) is 1.04. The zero-order valence-corrected chi connectivity index (χ0v) is 18.9. The Morgan fingerprint density at radius 3 is 2.65 bits per heavy atom. The molecule has 1 aromatic rings. The minimum atomic E-state index is -1.51. The number of aliphatic hydroxyl groups excluding tert-OH is 3. The molecule has 11 heteroatoms. The van der Waals surface area contributed by atoms with E-state index in [-0.39, 0.29) is 40.5 Å². The topological polar surface area (TPSA) is 155 Å². The van der Waals surface area contributed by atoms with Crippen LogP contribution in [0.15, 0.2) is 30.4 Å². The van der Waals surface area contributed by atoms with Gasteiger partial charge in [0, 0.05) is 24.5 Å². The molecule has 1 aromatic carbocycles. The lowest BCUT2D eigenvalue weighted by Crippen LogP contribution is -2.35. The van der Waals surface area contributed by atoms with Gasteiger partial charge in [0.2, 0.25) is 6.29 Å². The minimum Gasteiger partial charge on any atom is -0.507 e. The predicted molar refractivity (Wildman–Crippen MR) is 117 cm³/mol. The first kappa shape index (κ1) is 24.6. The van der Waals surface area contributed by atoms with Crippen LogP contribution in [0.4, 0.5) is 0 Å². The molecule has 0 aliphatic carbocycles. The Balaban J connectivity index is 1.68. The van der Waals surface area contributed by atoms with Gasteiger partial charge in [-0.2, -0.15) is 0 Å². The van der Waals surface area contributed by atoms with Crippen molar-refractivity contribution in [1.29, 1.82) is 0 Å². The molecule has 0 radical (unpaired) electrons. The average Bonchev–Trinajstić information content (AvgIpc) is 3.46. The number of carbonyl (C=O) groups excluding carboxylic acids is 2. The number of fused-ring (bicyclic) bond motifs is 2. The molecule has 184 valence electrons. The van der Waals surface area contributed by atoms with Crippen LogP contribution in [0.25, 0.3) is 0 Å². The fourth-order valence-electron chi connectivity index (χ4n) is 3.94. The fraction of sp³-hybridized carbons (Fsp3) is 0.478. The lowest BCUT2D eigenvalue weighted by Gasteiger charge is -2.21. The Kier molecular flexibility index (Phi) is 7.27. The van der Waals surface area contributed by atoms with Crippen LogP contribution < -0.4 is 4.74 Å². The maximum absolute atomic E-state index is 12.9. The SMILES string of the molecule is C[C@@H]1C[C@@H]2O[C@H]2C=CC=CC(=O)Cc2c(Cl)c(O[C@H]3O[C@H](CO)[C@@H](O)[C@@H]3O)cc(O)c2C(=O)O1. The standard InChI is InChI=1S/C23H25ClO10/c1-10-6-15-14(32-15)5-3-2-4-11(26)7-12-18(22(30)31-10)13(27)8-16(19(12)24)33-23-21(29)20(28)17(9-25)34-23/h2-5,8,10,14-15,17,20-21,23,25,27-29H,6-7,9H2,1H3/t10-,14+,15+,17-,20-,21+,23+/m1/s1. The molecule has 0 saturated carbocycles. The van der Waals surface area contributed by atoms with Crippen LogP contribution in [-0.2, 0) is 25.4 Å². The molecule has 0 amide bonds. The summed E-state index contributed by atoms with van der Waals surface area (Å²) in [7, 11) is 0. The lowest BCUT2D eigenvalue weighted by molar-refractivity contribution is -0.116. The fourth-order valence-corrected chi connectivity index (χ4v) is 4.20. The van der Waals surface area contributed by atoms with E-state index in [1.165, 1.54) is 6.08 Å². The van der Waals surface area contributed by atoms with Gasteiger partial charge in [0.05, 0.1) is 17.7 Å². The van der Waals surface area contributed by atoms with E-state index in [1.54, 1.807) is 25.2 Å². The van der Waals surface area contributed by atoms with Gasteiger partial charge in [0.15, 0.2) is 5.78 Å². The number of hydrogen-bond acceptors (Lipinski definition) is 10. The number of aromatic hydroxyl groups is 1. The number of phenols is 1. The van der Waals surface area contributed by atoms with Gasteiger partial charge in [-0.15, -0.1) is 0 Å². The second-order valence-corrected chi connectivity index (χ2v) is 8.74. The maximum Gasteiger partial charge on any atom is 0.342 e. The number of phenolic OH excluding ortho intramolecular Hbond substituents is 1. The van der Waals surface area contributed by atoms with Crippen LogP contribution in [-0.4, -0.2) is 81.7 Å². The molecule has 0 unspecified atom stereocenters. The van der Waals surface area contributed by atoms with Crippen molar-refractivity contribution in [2.75, 3.05) is 6.61 Å². The number of epoxide rings is 1. The first-order valence-corrected chi connectivity index (χ1v) is 11.1. The van der Waals surface area contributed by atoms with E-state index in [1.807, 2.05) is 0 Å². The minimum absolute atomic E-state index is 0.0307. The molecule has 10 nitrogen and oxygen atoms in total. The van der Waals surface area contributed by atoms with E-state index in [9.17, 15) is 30.0 Å². The maximum atomic E-state index is 12.9. The van der Waals surface area contributed by atoms with E-state index in [0.29, 0.717) is 6.42 Å². The zero-order valence-electron chi connectivity index (χ0n) is 18.2. The summed E-state index contributed by atoms with van der Waals surface area (Å²) in [6.07, 6.45) is 0.217. The molecular weight excluding hydrogens is 472 g/mol. The highest BCUT2D eigenvalue weighted by atomic mass is 35.5. The van der Waals surface area contributed by atoms with Gasteiger partial charge >= 0.3 is 5.97 Å². The highest BCUT2D eigenvalue weighted by Gasteiger charge is 2.44. The van der Waals surface area contributed by atoms with E-state index in [4.69, 9.17) is 30.5 Å². The summed E-state index contributed by atoms with van der Waals surface area (Å²) in [5.41, 5.74) is -0.315. The number of ketones is 1. The molecule has 3 aliphatic rings. The molecule has 0 bridgehead atoms. The molecule has 3 heterocycles. The average molecular weight is 497 g/mol. The first-order chi connectivity index (χ1) is 16.2. The third-order valence-electron chi connectivity index (χ3n) is 5.79. The second kappa shape index (κ2) is 10.0. The Morgan fingerprint density at radius 1 is 1.18 bits per heavy atom. The number of allylic oxidation sites excluding steroid dienone is 3. The summed E-state index contributed by atoms with van der Waals surface area (Å²) < 4.78 is 21.8. The number of rotatable bonds is 3. The van der Waals surface area contributed by atoms with Crippen LogP contribution in [0.3, 0.4) is 0 Å². The van der Waals surface area contributed by atoms with Crippen molar-refractivity contribution in [2.45, 2.75) is 62.7 Å². The Labute approximate surface area is 199 Å². The number of cyclic esters (lactones) is 1. The molecule has 2 saturated heterocycles. The molecule has 34 heavy (non-hydrogen) atoms. The van der Waals surface area contributed by atoms with Crippen LogP contribution in [0, 0.1) is 0 Å². The highest BCUT2D eigenvalue weighted by Crippen LogP contribution is 2.40. The first-order valence-electron chi connectivity index (χ1n) is 10.8. The predicted octanol–water partition coefficient (Wildman–Crippen LogP) is 0.804. The molecule has 7 atom stereocenters. The van der Waals surface area contributed by atoms with E-state index in [0.717, 1.165) is 6.07 Å². The largest absolute Gasteiger partial charge is 0.507 e. The van der Waals surface area contributed by atoms with Crippen molar-refractivity contribution < 1.29 is 49.0 Å². The van der Waals surface area contributed by atoms with E-state index in [2.05, 4.69) is 0 Å². The van der Waals surface area contributed by atoms with Gasteiger partial charge in [-0.3, -0.25) is 4.79 Å². The third kappa shape index (κ3) is 5.12. The number of aliphatic hydroxyl groups is 3. The monoisotopic (exact) mass is 496 g/mol. The molecule has 0 spiro atoms. The van der Waals surface area contributed by atoms with Gasteiger partial charge in [0.25, 0.3) is 0 Å². The van der Waals surface area contributed by atoms with Gasteiger partial charge in [-0.25, -0.2) is 4.79 Å². The third-order valence-corrected chi connectivity index (χ3v) is 6.21. The van der Waals surface area contributed by atoms with Crippen molar-refractivity contribution in [2.24, 2.45) is 0 Å². The number of carbonyl (C=O) groups is 2. The van der Waals surface area contributed by atoms with E-state index >= 15 is 0 Å². The lowest BCUT2D eigenvalue weighted by atomic mass is 9.99. The van der Waals surface area contributed by atoms with Crippen molar-refractivity contribution in [3.05, 3.63) is 46.5 Å². The van der Waals surface area contributed by atoms with Gasteiger partial charge < -0.3 is 39.4 Å². The number of halogens is 1. The molecule has 3 aliphatic heterocycles. The van der Waals surface area contributed by atoms with Gasteiger partial charge in [-0.05, 0) is 13.0 Å². The second-order valence-electron chi connectivity index (χ2n) is 8.36. The summed E-state index contributed by atoms with van der Waals surface area (Å²) in [5.74, 6) is -2.03. The quantitative estimate of drug-likeness (QED) is 0.349. The van der Waals surface area contributed by atoms with E-state index < -0.39 is 54.8 Å². The summed E-state index contributed by atoms with van der Waals surface area (Å²) in [5, 5.41) is 39.8. The smallest absolute Gasteiger partial charge is 0.342 e. The number of ether oxygens (including phenoxy) is 4. The number of esters is 1. The van der Waals surface area contributed by atoms with Crippen LogP contribution in [0.5, 0.6) is 11.5 Å². The normalized spacial score (nSPS) is 33.6. The molecule has 4 N–H and O–H groups in total. The van der Waals surface area contributed by atoms with Crippen molar-refractivity contribution >= 4 is 23.4 Å². The van der Waals surface area contributed by atoms with Gasteiger partial charge in [0.1, 0.15) is 47.6 Å². The Morgan fingerprint density at radius 2 is 1.94 bits per heavy atom. The van der Waals surface area contributed by atoms with Crippen molar-refractivity contribution in [3.63, 3.8) is 0 Å². The van der Waals surface area contributed by atoms with Crippen LogP contribution in [0.1, 0.15) is 29.3 Å². The Bertz CT molecular complexity index is 1020. The van der Waals surface area contributed by atoms with Crippen molar-refractivity contribution in [1.82, 2.24) is 0 Å². The van der Waals surface area contributed by atoms with Crippen molar-refractivity contribution in [3.8, 4) is 11.5 Å². The summed E-state index contributed by atoms with van der Waals surface area (Å²) in [6.45, 7) is 1.13. The molecule has 0 aromatic heterocycles. The van der Waals surface area contributed by atoms with Crippen LogP contribution in [0.2, 0.25) is 5.02 Å². The summed E-state index contributed by atoms with van der Waals surface area (Å²) in [4.78, 5) is 25.5. The molecule has 4 rings (SSSR count). The zero-order chi connectivity index (χ0) is 24.6. The Hall–Kier alpha value is -2.47. The number of hydrogen-bond donors (Lipinski definition) is 4.